The molecule has 2 aromatic heterocycles. The number of pyridine rings is 2. The smallest absolute Gasteiger partial charge is 0.147 e. The number of benzene rings is 1. The van der Waals surface area contributed by atoms with Gasteiger partial charge in [0.1, 0.15) is 36.3 Å². The van der Waals surface area contributed by atoms with Crippen molar-refractivity contribution < 1.29 is 14.2 Å². The van der Waals surface area contributed by atoms with Crippen LogP contribution in [-0.4, -0.2) is 35.4 Å². The van der Waals surface area contributed by atoms with Gasteiger partial charge >= 0.3 is 0 Å². The molecule has 1 aliphatic heterocycles. The molecule has 4 rings (SSSR count). The maximum atomic E-state index is 5.97. The minimum atomic E-state index is 0.347. The topological polar surface area (TPSA) is 69.1 Å². The fourth-order valence-electron chi connectivity index (χ4n) is 3.13. The normalized spacial score (nSPS) is 13.0. The van der Waals surface area contributed by atoms with Crippen molar-refractivity contribution in [2.45, 2.75) is 19.7 Å². The summed E-state index contributed by atoms with van der Waals surface area (Å²) in [5.41, 5.74) is 3.80. The number of aliphatic imine (C=N–C) groups is 1. The quantitative estimate of drug-likeness (QED) is 0.546. The van der Waals surface area contributed by atoms with Crippen LogP contribution < -0.4 is 14.2 Å². The maximum Gasteiger partial charge on any atom is 0.147 e. The first-order valence-electron chi connectivity index (χ1n) is 9.25. The summed E-state index contributed by atoms with van der Waals surface area (Å²) < 4.78 is 16.9. The summed E-state index contributed by atoms with van der Waals surface area (Å²) in [6, 6.07) is 13.3. The zero-order valence-corrected chi connectivity index (χ0v) is 16.2. The predicted molar refractivity (Wildman–Crippen MR) is 110 cm³/mol. The third-order valence-electron chi connectivity index (χ3n) is 4.68. The highest BCUT2D eigenvalue weighted by Gasteiger charge is 2.20. The van der Waals surface area contributed by atoms with E-state index < -0.39 is 0 Å². The van der Waals surface area contributed by atoms with E-state index in [0.717, 1.165) is 24.5 Å². The Morgan fingerprint density at radius 2 is 1.97 bits per heavy atom. The van der Waals surface area contributed by atoms with Crippen LogP contribution in [0.5, 0.6) is 17.2 Å². The fourth-order valence-corrected chi connectivity index (χ4v) is 3.13. The molecule has 0 saturated heterocycles. The zero-order valence-electron chi connectivity index (χ0n) is 16.2. The summed E-state index contributed by atoms with van der Waals surface area (Å²) in [6.45, 7) is 6.06. The van der Waals surface area contributed by atoms with E-state index in [-0.39, 0.29) is 0 Å². The maximum absolute atomic E-state index is 5.97. The van der Waals surface area contributed by atoms with Gasteiger partial charge in [0.05, 0.1) is 24.7 Å². The van der Waals surface area contributed by atoms with Gasteiger partial charge in [0, 0.05) is 25.4 Å². The van der Waals surface area contributed by atoms with Crippen LogP contribution >= 0.6 is 0 Å². The van der Waals surface area contributed by atoms with E-state index >= 15 is 0 Å². The van der Waals surface area contributed by atoms with Crippen molar-refractivity contribution in [1.82, 2.24) is 14.9 Å². The molecule has 0 amide bonds. The summed E-state index contributed by atoms with van der Waals surface area (Å²) in [6.07, 6.45) is 3.49. The molecule has 1 aliphatic rings. The van der Waals surface area contributed by atoms with E-state index in [9.17, 15) is 0 Å². The van der Waals surface area contributed by atoms with Crippen LogP contribution in [0, 0.1) is 0 Å². The first-order valence-corrected chi connectivity index (χ1v) is 9.25. The lowest BCUT2D eigenvalue weighted by molar-refractivity contribution is 0.125. The van der Waals surface area contributed by atoms with Crippen molar-refractivity contribution in [2.75, 3.05) is 13.8 Å². The molecule has 148 valence electrons. The van der Waals surface area contributed by atoms with Crippen molar-refractivity contribution in [3.05, 3.63) is 71.8 Å². The second-order valence-electron chi connectivity index (χ2n) is 6.64. The standard InChI is InChI=1S/C22H22N4O3/c1-23-20-10-18(28-14-17-5-6-19(27-2)11-25-17)7-8-22(20)29-15-26-12-16-4-3-9-24-21(16)13-26/h3-11H,1,12-15H2,2H3. The van der Waals surface area contributed by atoms with Gasteiger partial charge < -0.3 is 14.2 Å². The summed E-state index contributed by atoms with van der Waals surface area (Å²) in [5.74, 6) is 2.05. The first kappa shape index (κ1) is 18.9. The van der Waals surface area contributed by atoms with Gasteiger partial charge in [-0.25, -0.2) is 0 Å². The summed E-state index contributed by atoms with van der Waals surface area (Å²) in [7, 11) is 1.61. The Hall–Kier alpha value is -3.45. The van der Waals surface area contributed by atoms with Gasteiger partial charge in [-0.3, -0.25) is 19.9 Å². The molecule has 1 aromatic carbocycles. The van der Waals surface area contributed by atoms with Crippen LogP contribution in [0.15, 0.2) is 59.9 Å². The van der Waals surface area contributed by atoms with E-state index in [0.29, 0.717) is 36.3 Å². The highest BCUT2D eigenvalue weighted by Crippen LogP contribution is 2.32. The monoisotopic (exact) mass is 390 g/mol. The average Bonchev–Trinajstić information content (AvgIpc) is 3.20. The Morgan fingerprint density at radius 3 is 2.72 bits per heavy atom. The lowest BCUT2D eigenvalue weighted by Gasteiger charge is -2.17. The SMILES string of the molecule is C=Nc1cc(OCc2ccc(OC)cn2)ccc1OCN1Cc2cccnc2C1. The molecule has 0 radical (unpaired) electrons. The van der Waals surface area contributed by atoms with Gasteiger partial charge in [-0.05, 0) is 42.6 Å². The molecule has 0 spiro atoms. The molecule has 0 N–H and O–H groups in total. The van der Waals surface area contributed by atoms with Crippen molar-refractivity contribution in [3.63, 3.8) is 0 Å². The summed E-state index contributed by atoms with van der Waals surface area (Å²) >= 11 is 0. The number of hydrogen-bond donors (Lipinski definition) is 0. The number of methoxy groups -OCH3 is 1. The van der Waals surface area contributed by atoms with Crippen LogP contribution in [0.3, 0.4) is 0 Å². The molecule has 0 unspecified atom stereocenters. The highest BCUT2D eigenvalue weighted by molar-refractivity contribution is 5.59. The van der Waals surface area contributed by atoms with Crippen LogP contribution in [0.25, 0.3) is 0 Å². The second kappa shape index (κ2) is 8.70. The Bertz CT molecular complexity index is 967. The van der Waals surface area contributed by atoms with Gasteiger partial charge in [0.2, 0.25) is 0 Å². The van der Waals surface area contributed by atoms with E-state index in [2.05, 4.69) is 32.6 Å². The minimum absolute atomic E-state index is 0.347. The summed E-state index contributed by atoms with van der Waals surface area (Å²) in [5, 5.41) is 0. The van der Waals surface area contributed by atoms with Gasteiger partial charge in [-0.1, -0.05) is 6.07 Å². The van der Waals surface area contributed by atoms with Crippen molar-refractivity contribution in [1.29, 1.82) is 0 Å². The van der Waals surface area contributed by atoms with Crippen LogP contribution in [0.4, 0.5) is 5.69 Å². The average molecular weight is 390 g/mol. The molecular formula is C22H22N4O3. The molecule has 7 heteroatoms. The zero-order chi connectivity index (χ0) is 20.1. The molecular weight excluding hydrogens is 368 g/mol. The Kier molecular flexibility index (Phi) is 5.67. The lowest BCUT2D eigenvalue weighted by atomic mass is 10.2. The van der Waals surface area contributed by atoms with Crippen molar-refractivity contribution in [3.8, 4) is 17.2 Å². The van der Waals surface area contributed by atoms with Crippen LogP contribution in [-0.2, 0) is 19.7 Å². The minimum Gasteiger partial charge on any atom is -0.495 e. The highest BCUT2D eigenvalue weighted by atomic mass is 16.5. The Balaban J connectivity index is 1.34. The molecule has 0 atom stereocenters. The van der Waals surface area contributed by atoms with Crippen molar-refractivity contribution in [2.24, 2.45) is 4.99 Å². The fraction of sp³-hybridized carbons (Fsp3) is 0.227. The number of aromatic nitrogens is 2. The molecule has 7 nitrogen and oxygen atoms in total. The number of rotatable bonds is 8. The molecule has 0 bridgehead atoms. The third-order valence-corrected chi connectivity index (χ3v) is 4.68. The molecule has 29 heavy (non-hydrogen) atoms. The Labute approximate surface area is 169 Å². The van der Waals surface area contributed by atoms with Gasteiger partial charge in [0.15, 0.2) is 0 Å². The van der Waals surface area contributed by atoms with E-state index in [4.69, 9.17) is 14.2 Å². The Morgan fingerprint density at radius 1 is 1.07 bits per heavy atom. The van der Waals surface area contributed by atoms with Gasteiger partial charge in [-0.2, -0.15) is 0 Å². The van der Waals surface area contributed by atoms with Gasteiger partial charge in [0.25, 0.3) is 0 Å². The lowest BCUT2D eigenvalue weighted by Crippen LogP contribution is -2.22. The summed E-state index contributed by atoms with van der Waals surface area (Å²) in [4.78, 5) is 15.0. The van der Waals surface area contributed by atoms with Crippen LogP contribution in [0.1, 0.15) is 17.0 Å². The molecule has 0 saturated carbocycles. The number of hydrogen-bond acceptors (Lipinski definition) is 7. The largest absolute Gasteiger partial charge is 0.495 e. The third kappa shape index (κ3) is 4.52. The predicted octanol–water partition coefficient (Wildman–Crippen LogP) is 3.75. The molecule has 0 aliphatic carbocycles. The van der Waals surface area contributed by atoms with Crippen LogP contribution in [0.2, 0.25) is 0 Å². The molecule has 3 aromatic rings. The number of fused-ring (bicyclic) bond motifs is 1. The van der Waals surface area contributed by atoms with E-state index in [1.165, 1.54) is 5.56 Å². The van der Waals surface area contributed by atoms with Gasteiger partial charge in [-0.15, -0.1) is 0 Å². The molecule has 3 heterocycles. The van der Waals surface area contributed by atoms with Crippen molar-refractivity contribution >= 4 is 12.4 Å². The number of ether oxygens (including phenoxy) is 3. The second-order valence-corrected chi connectivity index (χ2v) is 6.64. The number of nitrogens with zero attached hydrogens (tertiary/aromatic N) is 4. The molecule has 0 fully saturated rings. The van der Waals surface area contributed by atoms with E-state index in [1.54, 1.807) is 13.3 Å². The van der Waals surface area contributed by atoms with E-state index in [1.807, 2.05) is 42.6 Å². The first-order chi connectivity index (χ1) is 14.2.